The Kier molecular flexibility index (Phi) is 4.17. The molecule has 0 aromatic rings. The summed E-state index contributed by atoms with van der Waals surface area (Å²) in [6.07, 6.45) is -0.196. The lowest BCUT2D eigenvalue weighted by molar-refractivity contribution is -0.328. The predicted molar refractivity (Wildman–Crippen MR) is 105 cm³/mol. The second-order valence-corrected chi connectivity index (χ2v) is 10.9. The van der Waals surface area contributed by atoms with Gasteiger partial charge in [0.05, 0.1) is 24.4 Å². The zero-order valence-corrected chi connectivity index (χ0v) is 18.2. The van der Waals surface area contributed by atoms with Crippen LogP contribution in [0.4, 0.5) is 0 Å². The first-order valence-electron chi connectivity index (χ1n) is 10.7. The van der Waals surface area contributed by atoms with Crippen LogP contribution in [-0.2, 0) is 9.53 Å². The first kappa shape index (κ1) is 20.5. The number of hydrogen-bond acceptors (Lipinski definition) is 5. The van der Waals surface area contributed by atoms with Crippen LogP contribution in [0.25, 0.3) is 0 Å². The molecule has 28 heavy (non-hydrogen) atoms. The van der Waals surface area contributed by atoms with Crippen LogP contribution < -0.4 is 0 Å². The summed E-state index contributed by atoms with van der Waals surface area (Å²) in [5.74, 6) is -1.05. The number of Topliss-reactive ketones (excluding diaryl/α,β-unsaturated/α-hetero) is 1. The number of carbonyl (C=O) groups is 1. The van der Waals surface area contributed by atoms with Crippen molar-refractivity contribution in [3.8, 4) is 0 Å². The van der Waals surface area contributed by atoms with Crippen molar-refractivity contribution in [2.75, 3.05) is 6.61 Å². The highest BCUT2D eigenvalue weighted by Gasteiger charge is 2.72. The van der Waals surface area contributed by atoms with Crippen LogP contribution in [0.1, 0.15) is 61.3 Å². The second kappa shape index (κ2) is 5.69. The van der Waals surface area contributed by atoms with E-state index in [2.05, 4.69) is 6.92 Å². The number of fused-ring (bicyclic) bond motifs is 5. The van der Waals surface area contributed by atoms with Crippen LogP contribution in [0.2, 0.25) is 0 Å². The number of aliphatic hydroxyl groups is 3. The Morgan fingerprint density at radius 3 is 2.25 bits per heavy atom. The van der Waals surface area contributed by atoms with Gasteiger partial charge in [0.25, 0.3) is 0 Å². The number of aliphatic hydroxyl groups excluding tert-OH is 1. The van der Waals surface area contributed by atoms with E-state index in [-0.39, 0.29) is 36.8 Å². The van der Waals surface area contributed by atoms with E-state index in [1.54, 1.807) is 0 Å². The number of ether oxygens (including phenoxy) is 1. The highest BCUT2D eigenvalue weighted by Crippen LogP contribution is 2.66. The molecular weight excluding hydrogens is 356 g/mol. The van der Waals surface area contributed by atoms with Gasteiger partial charge in [0, 0.05) is 29.1 Å². The molecule has 2 bridgehead atoms. The van der Waals surface area contributed by atoms with Gasteiger partial charge in [-0.3, -0.25) is 4.79 Å². The number of carbonyl (C=O) groups excluding carboxylic acids is 1. The summed E-state index contributed by atoms with van der Waals surface area (Å²) < 4.78 is 5.71. The average Bonchev–Trinajstić information content (AvgIpc) is 2.60. The van der Waals surface area contributed by atoms with Crippen LogP contribution in [0, 0.1) is 34.5 Å². The molecule has 5 heteroatoms. The molecule has 0 aromatic heterocycles. The first-order chi connectivity index (χ1) is 12.7. The fourth-order valence-electron chi connectivity index (χ4n) is 7.79. The van der Waals surface area contributed by atoms with E-state index in [4.69, 9.17) is 4.74 Å². The van der Waals surface area contributed by atoms with Crippen LogP contribution in [0.15, 0.2) is 11.1 Å². The van der Waals surface area contributed by atoms with Crippen LogP contribution >= 0.6 is 0 Å². The van der Waals surface area contributed by atoms with E-state index in [0.717, 1.165) is 11.1 Å². The normalized spacial score (nSPS) is 55.6. The molecular formula is C23H36O5. The molecule has 158 valence electrons. The average molecular weight is 393 g/mol. The van der Waals surface area contributed by atoms with Gasteiger partial charge in [-0.15, -0.1) is 0 Å². The molecule has 3 aliphatic carbocycles. The van der Waals surface area contributed by atoms with Gasteiger partial charge in [-0.25, -0.2) is 0 Å². The molecule has 1 saturated heterocycles. The third-order valence-electron chi connectivity index (χ3n) is 9.64. The van der Waals surface area contributed by atoms with Gasteiger partial charge in [-0.2, -0.15) is 0 Å². The molecule has 0 aromatic carbocycles. The molecule has 1 heterocycles. The molecule has 0 spiro atoms. The third-order valence-corrected chi connectivity index (χ3v) is 9.64. The molecule has 5 nitrogen and oxygen atoms in total. The Hall–Kier alpha value is -0.750. The van der Waals surface area contributed by atoms with Crippen LogP contribution in [-0.4, -0.2) is 51.1 Å². The number of hydrogen-bond donors (Lipinski definition) is 3. The summed E-state index contributed by atoms with van der Waals surface area (Å²) >= 11 is 0. The maximum Gasteiger partial charge on any atom is 0.146 e. The minimum absolute atomic E-state index is 0.0387. The minimum Gasteiger partial charge on any atom is -0.389 e. The van der Waals surface area contributed by atoms with E-state index in [1.807, 2.05) is 41.5 Å². The van der Waals surface area contributed by atoms with Crippen LogP contribution in [0.3, 0.4) is 0 Å². The van der Waals surface area contributed by atoms with Crippen LogP contribution in [0.5, 0.6) is 0 Å². The van der Waals surface area contributed by atoms with Gasteiger partial charge >= 0.3 is 0 Å². The van der Waals surface area contributed by atoms with Crippen molar-refractivity contribution < 1.29 is 24.9 Å². The van der Waals surface area contributed by atoms with Gasteiger partial charge < -0.3 is 20.1 Å². The molecule has 3 N–H and O–H groups in total. The summed E-state index contributed by atoms with van der Waals surface area (Å²) in [7, 11) is 0. The maximum absolute atomic E-state index is 14.0. The van der Waals surface area contributed by atoms with Gasteiger partial charge in [-0.05, 0) is 36.3 Å². The Bertz CT molecular complexity index is 756. The van der Waals surface area contributed by atoms with E-state index < -0.39 is 40.0 Å². The van der Waals surface area contributed by atoms with Crippen molar-refractivity contribution in [3.63, 3.8) is 0 Å². The SMILES string of the molecule is CC1=C2[C@@H](C)C(=O)[C@@]3(C)C(C(C)C(O)(CC1O)C2(C)C)C1(O)COC1C[C@@H]3C. The number of rotatable bonds is 0. The molecule has 0 radical (unpaired) electrons. The largest absolute Gasteiger partial charge is 0.389 e. The molecule has 3 fully saturated rings. The van der Waals surface area contributed by atoms with Gasteiger partial charge in [0.1, 0.15) is 11.4 Å². The monoisotopic (exact) mass is 392 g/mol. The second-order valence-electron chi connectivity index (χ2n) is 10.9. The van der Waals surface area contributed by atoms with E-state index in [1.165, 1.54) is 0 Å². The Balaban J connectivity index is 2.01. The van der Waals surface area contributed by atoms with Crippen molar-refractivity contribution in [1.82, 2.24) is 0 Å². The molecule has 1 aliphatic heterocycles. The molecule has 9 atom stereocenters. The van der Waals surface area contributed by atoms with Gasteiger partial charge in [0.15, 0.2) is 0 Å². The Labute approximate surface area is 168 Å². The van der Waals surface area contributed by atoms with Crippen molar-refractivity contribution in [2.24, 2.45) is 34.5 Å². The third kappa shape index (κ3) is 2.04. The predicted octanol–water partition coefficient (Wildman–Crippen LogP) is 2.47. The van der Waals surface area contributed by atoms with Gasteiger partial charge in [-0.1, -0.05) is 41.5 Å². The standard InChI is InChI=1S/C23H36O5/c1-11-8-16-22(26,10-28-16)18-14(4)23(27)9-15(24)12(2)17(20(23,5)6)13(3)19(25)21(11,18)7/h11,13-16,18,24,26-27H,8-10H2,1-7H3/t11-,13+,14?,15?,16?,18?,21+,22?,23?/m0/s1. The quantitative estimate of drug-likeness (QED) is 0.551. The summed E-state index contributed by atoms with van der Waals surface area (Å²) in [4.78, 5) is 14.0. The fourth-order valence-corrected chi connectivity index (χ4v) is 7.79. The number of ketones is 1. The molecule has 0 amide bonds. The zero-order chi connectivity index (χ0) is 21.0. The topological polar surface area (TPSA) is 87.0 Å². The lowest BCUT2D eigenvalue weighted by atomic mass is 9.41. The van der Waals surface area contributed by atoms with E-state index >= 15 is 0 Å². The zero-order valence-electron chi connectivity index (χ0n) is 18.2. The summed E-state index contributed by atoms with van der Waals surface area (Å²) in [6.45, 7) is 14.0. The smallest absolute Gasteiger partial charge is 0.146 e. The van der Waals surface area contributed by atoms with Gasteiger partial charge in [0.2, 0.25) is 0 Å². The minimum atomic E-state index is -1.23. The summed E-state index contributed by atoms with van der Waals surface area (Å²) in [6, 6.07) is 0. The highest BCUT2D eigenvalue weighted by molar-refractivity contribution is 5.90. The lowest BCUT2D eigenvalue weighted by Crippen LogP contribution is -2.77. The molecule has 4 rings (SSSR count). The van der Waals surface area contributed by atoms with Crippen molar-refractivity contribution in [2.45, 2.75) is 84.7 Å². The van der Waals surface area contributed by atoms with Crippen molar-refractivity contribution in [1.29, 1.82) is 0 Å². The highest BCUT2D eigenvalue weighted by atomic mass is 16.6. The van der Waals surface area contributed by atoms with E-state index in [0.29, 0.717) is 6.42 Å². The Morgan fingerprint density at radius 2 is 1.71 bits per heavy atom. The summed E-state index contributed by atoms with van der Waals surface area (Å²) in [5, 5.41) is 34.6. The Morgan fingerprint density at radius 1 is 1.11 bits per heavy atom. The first-order valence-corrected chi connectivity index (χ1v) is 10.7. The molecule has 2 saturated carbocycles. The fraction of sp³-hybridized carbons (Fsp3) is 0.870. The maximum atomic E-state index is 14.0. The molecule has 4 aliphatic rings. The van der Waals surface area contributed by atoms with Crippen molar-refractivity contribution in [3.05, 3.63) is 11.1 Å². The van der Waals surface area contributed by atoms with Crippen molar-refractivity contribution >= 4 is 5.78 Å². The summed E-state index contributed by atoms with van der Waals surface area (Å²) in [5.41, 5.74) is -2.08. The lowest BCUT2D eigenvalue weighted by Gasteiger charge is -2.68. The molecule has 6 unspecified atom stereocenters. The van der Waals surface area contributed by atoms with E-state index in [9.17, 15) is 20.1 Å².